The molecule has 1 aromatic rings. The van der Waals surface area contributed by atoms with E-state index in [1.165, 1.54) is 6.21 Å². The number of hydrogen-bond donors (Lipinski definition) is 1. The van der Waals surface area contributed by atoms with Crippen molar-refractivity contribution in [1.82, 2.24) is 5.43 Å². The molecule has 0 saturated carbocycles. The first kappa shape index (κ1) is 13.4. The van der Waals surface area contributed by atoms with Crippen LogP contribution in [0.25, 0.3) is 6.08 Å². The van der Waals surface area contributed by atoms with E-state index in [1.807, 2.05) is 36.4 Å². The molecule has 0 heterocycles. The number of halogens is 1. The SMILES string of the molecule is CCOC(=O)N/N=C\C(Br)=C\c1ccccc1. The lowest BCUT2D eigenvalue weighted by Crippen LogP contribution is -2.18. The van der Waals surface area contributed by atoms with Gasteiger partial charge in [-0.25, -0.2) is 10.2 Å². The summed E-state index contributed by atoms with van der Waals surface area (Å²) in [5.41, 5.74) is 3.28. The summed E-state index contributed by atoms with van der Waals surface area (Å²) < 4.78 is 5.39. The van der Waals surface area contributed by atoms with Crippen molar-refractivity contribution in [2.75, 3.05) is 6.61 Å². The van der Waals surface area contributed by atoms with Gasteiger partial charge in [-0.05, 0) is 34.5 Å². The molecule has 5 heteroatoms. The summed E-state index contributed by atoms with van der Waals surface area (Å²) in [6.07, 6.45) is 2.81. The van der Waals surface area contributed by atoms with E-state index in [2.05, 4.69) is 31.2 Å². The summed E-state index contributed by atoms with van der Waals surface area (Å²) in [4.78, 5) is 10.9. The lowest BCUT2D eigenvalue weighted by Gasteiger charge is -1.98. The second-order valence-corrected chi connectivity index (χ2v) is 3.95. The number of rotatable bonds is 4. The molecule has 1 amide bonds. The molecule has 0 atom stereocenters. The molecule has 1 rings (SSSR count). The summed E-state index contributed by atoms with van der Waals surface area (Å²) in [7, 11) is 0. The van der Waals surface area contributed by atoms with Crippen molar-refractivity contribution in [1.29, 1.82) is 0 Å². The number of carbonyl (C=O) groups is 1. The molecule has 0 unspecified atom stereocenters. The molecule has 17 heavy (non-hydrogen) atoms. The largest absolute Gasteiger partial charge is 0.449 e. The van der Waals surface area contributed by atoms with Gasteiger partial charge in [0.2, 0.25) is 0 Å². The van der Waals surface area contributed by atoms with Crippen molar-refractivity contribution in [3.63, 3.8) is 0 Å². The van der Waals surface area contributed by atoms with Crippen LogP contribution in [0.3, 0.4) is 0 Å². The number of nitrogens with one attached hydrogen (secondary N) is 1. The topological polar surface area (TPSA) is 50.7 Å². The number of hydrazone groups is 1. The van der Waals surface area contributed by atoms with E-state index in [9.17, 15) is 4.79 Å². The van der Waals surface area contributed by atoms with E-state index in [0.717, 1.165) is 10.0 Å². The summed E-state index contributed by atoms with van der Waals surface area (Å²) in [6, 6.07) is 9.77. The molecule has 0 radical (unpaired) electrons. The third-order valence-corrected chi connectivity index (χ3v) is 2.16. The quantitative estimate of drug-likeness (QED) is 0.685. The summed E-state index contributed by atoms with van der Waals surface area (Å²) in [5, 5.41) is 3.72. The van der Waals surface area contributed by atoms with E-state index in [4.69, 9.17) is 0 Å². The highest BCUT2D eigenvalue weighted by Crippen LogP contribution is 2.09. The fourth-order valence-electron chi connectivity index (χ4n) is 1.06. The monoisotopic (exact) mass is 296 g/mol. The Balaban J connectivity index is 2.49. The van der Waals surface area contributed by atoms with Crippen LogP contribution >= 0.6 is 15.9 Å². The zero-order valence-electron chi connectivity index (χ0n) is 9.39. The fraction of sp³-hybridized carbons (Fsp3) is 0.167. The Morgan fingerprint density at radius 3 is 2.82 bits per heavy atom. The predicted molar refractivity (Wildman–Crippen MR) is 72.0 cm³/mol. The molecule has 0 aromatic heterocycles. The first-order valence-corrected chi connectivity index (χ1v) is 5.89. The lowest BCUT2D eigenvalue weighted by atomic mass is 10.2. The van der Waals surface area contributed by atoms with Crippen LogP contribution in [0.1, 0.15) is 12.5 Å². The Hall–Kier alpha value is -1.62. The molecule has 0 saturated heterocycles. The minimum absolute atomic E-state index is 0.322. The first-order chi connectivity index (χ1) is 8.22. The zero-order valence-corrected chi connectivity index (χ0v) is 11.0. The maximum atomic E-state index is 10.9. The fourth-order valence-corrected chi connectivity index (χ4v) is 1.42. The van der Waals surface area contributed by atoms with Gasteiger partial charge >= 0.3 is 6.09 Å². The zero-order chi connectivity index (χ0) is 12.5. The molecule has 0 bridgehead atoms. The normalized spacial score (nSPS) is 11.5. The number of allylic oxidation sites excluding steroid dienone is 1. The summed E-state index contributed by atoms with van der Waals surface area (Å²) in [5.74, 6) is 0. The molecular weight excluding hydrogens is 284 g/mol. The van der Waals surface area contributed by atoms with Crippen molar-refractivity contribution < 1.29 is 9.53 Å². The van der Waals surface area contributed by atoms with Crippen LogP contribution in [0.15, 0.2) is 39.9 Å². The number of ether oxygens (including phenoxy) is 1. The molecule has 0 aliphatic carbocycles. The van der Waals surface area contributed by atoms with Crippen molar-refractivity contribution in [3.8, 4) is 0 Å². The Morgan fingerprint density at radius 2 is 2.18 bits per heavy atom. The molecule has 4 nitrogen and oxygen atoms in total. The molecule has 1 aromatic carbocycles. The van der Waals surface area contributed by atoms with Crippen LogP contribution in [-0.4, -0.2) is 18.9 Å². The highest BCUT2D eigenvalue weighted by Gasteiger charge is 1.95. The number of benzene rings is 1. The van der Waals surface area contributed by atoms with Crippen LogP contribution < -0.4 is 5.43 Å². The van der Waals surface area contributed by atoms with Gasteiger partial charge in [-0.3, -0.25) is 0 Å². The molecule has 0 spiro atoms. The van der Waals surface area contributed by atoms with Crippen LogP contribution in [0.5, 0.6) is 0 Å². The van der Waals surface area contributed by atoms with Gasteiger partial charge in [-0.15, -0.1) is 0 Å². The van der Waals surface area contributed by atoms with Gasteiger partial charge in [-0.1, -0.05) is 30.3 Å². The lowest BCUT2D eigenvalue weighted by molar-refractivity contribution is 0.152. The molecule has 0 fully saturated rings. The van der Waals surface area contributed by atoms with Gasteiger partial charge in [0, 0.05) is 4.48 Å². The van der Waals surface area contributed by atoms with Gasteiger partial charge < -0.3 is 4.74 Å². The average molecular weight is 297 g/mol. The third kappa shape index (κ3) is 5.87. The summed E-state index contributed by atoms with van der Waals surface area (Å²) >= 11 is 3.32. The van der Waals surface area contributed by atoms with Crippen molar-refractivity contribution >= 4 is 34.3 Å². The highest BCUT2D eigenvalue weighted by molar-refractivity contribution is 9.12. The Bertz CT molecular complexity index is 416. The molecule has 1 N–H and O–H groups in total. The minimum atomic E-state index is -0.566. The number of nitrogens with zero attached hydrogens (tertiary/aromatic N) is 1. The van der Waals surface area contributed by atoms with E-state index < -0.39 is 6.09 Å². The highest BCUT2D eigenvalue weighted by atomic mass is 79.9. The van der Waals surface area contributed by atoms with E-state index in [-0.39, 0.29) is 0 Å². The second kappa shape index (κ2) is 7.62. The maximum Gasteiger partial charge on any atom is 0.427 e. The van der Waals surface area contributed by atoms with E-state index >= 15 is 0 Å². The smallest absolute Gasteiger partial charge is 0.427 e. The Morgan fingerprint density at radius 1 is 1.47 bits per heavy atom. The van der Waals surface area contributed by atoms with Crippen LogP contribution in [0.2, 0.25) is 0 Å². The van der Waals surface area contributed by atoms with Crippen LogP contribution in [0.4, 0.5) is 4.79 Å². The number of carbonyl (C=O) groups excluding carboxylic acids is 1. The van der Waals surface area contributed by atoms with Crippen molar-refractivity contribution in [2.24, 2.45) is 5.10 Å². The van der Waals surface area contributed by atoms with Gasteiger partial charge in [0.05, 0.1) is 12.8 Å². The second-order valence-electron chi connectivity index (χ2n) is 3.03. The molecule has 0 aliphatic rings. The average Bonchev–Trinajstić information content (AvgIpc) is 2.30. The van der Waals surface area contributed by atoms with Gasteiger partial charge in [0.15, 0.2) is 0 Å². The third-order valence-electron chi connectivity index (χ3n) is 1.72. The number of amides is 1. The van der Waals surface area contributed by atoms with Gasteiger partial charge in [0.1, 0.15) is 0 Å². The maximum absolute atomic E-state index is 10.9. The summed E-state index contributed by atoms with van der Waals surface area (Å²) in [6.45, 7) is 2.05. The Labute approximate surface area is 108 Å². The van der Waals surface area contributed by atoms with Crippen LogP contribution in [0, 0.1) is 0 Å². The number of hydrogen-bond acceptors (Lipinski definition) is 3. The predicted octanol–water partition coefficient (Wildman–Crippen LogP) is 3.15. The minimum Gasteiger partial charge on any atom is -0.449 e. The molecule has 0 aliphatic heterocycles. The standard InChI is InChI=1S/C12H13BrN2O2/c1-2-17-12(16)15-14-9-11(13)8-10-6-4-3-5-7-10/h3-9H,2H2,1H3,(H,15,16)/b11-8-,14-9-. The van der Waals surface area contributed by atoms with E-state index in [0.29, 0.717) is 6.61 Å². The Kier molecular flexibility index (Phi) is 6.03. The van der Waals surface area contributed by atoms with Crippen molar-refractivity contribution in [2.45, 2.75) is 6.92 Å². The van der Waals surface area contributed by atoms with Crippen molar-refractivity contribution in [3.05, 3.63) is 40.4 Å². The molecular formula is C12H13BrN2O2. The van der Waals surface area contributed by atoms with Gasteiger partial charge in [0.25, 0.3) is 0 Å². The molecule has 90 valence electrons. The van der Waals surface area contributed by atoms with E-state index in [1.54, 1.807) is 6.92 Å². The van der Waals surface area contributed by atoms with Gasteiger partial charge in [-0.2, -0.15) is 5.10 Å². The first-order valence-electron chi connectivity index (χ1n) is 5.10. The van der Waals surface area contributed by atoms with Crippen LogP contribution in [-0.2, 0) is 4.74 Å².